The van der Waals surface area contributed by atoms with Gasteiger partial charge in [0, 0.05) is 60.2 Å². The van der Waals surface area contributed by atoms with Crippen molar-refractivity contribution in [2.45, 2.75) is 0 Å². The summed E-state index contributed by atoms with van der Waals surface area (Å²) in [5.41, 5.74) is 14.8. The fraction of sp³-hybridized carbons (Fsp3) is 0. The van der Waals surface area contributed by atoms with Gasteiger partial charge in [0.15, 0.2) is 0 Å². The van der Waals surface area contributed by atoms with Crippen LogP contribution in [0.3, 0.4) is 0 Å². The molecule has 15 aromatic rings. The highest BCUT2D eigenvalue weighted by molar-refractivity contribution is 6.33. The van der Waals surface area contributed by atoms with Crippen molar-refractivity contribution in [3.05, 3.63) is 212 Å². The predicted octanol–water partition coefficient (Wildman–Crippen LogP) is 16.3. The molecule has 0 fully saturated rings. The van der Waals surface area contributed by atoms with E-state index in [2.05, 4.69) is 226 Å². The van der Waals surface area contributed by atoms with Crippen LogP contribution in [0.25, 0.3) is 137 Å². The molecule has 0 atom stereocenters. The van der Waals surface area contributed by atoms with Crippen LogP contribution in [0.1, 0.15) is 0 Å². The van der Waals surface area contributed by atoms with Gasteiger partial charge < -0.3 is 18.1 Å². The van der Waals surface area contributed by atoms with E-state index in [0.29, 0.717) is 0 Å². The second-order valence-corrected chi connectivity index (χ2v) is 17.2. The van der Waals surface area contributed by atoms with Crippen LogP contribution in [-0.4, -0.2) is 13.7 Å². The van der Waals surface area contributed by atoms with Crippen LogP contribution in [0.15, 0.2) is 217 Å². The van der Waals surface area contributed by atoms with E-state index in [9.17, 15) is 0 Å². The number of furan rings is 1. The summed E-state index contributed by atoms with van der Waals surface area (Å²) in [6.45, 7) is 0. The molecule has 15 rings (SSSR count). The monoisotopic (exact) mass is 813 g/mol. The third-order valence-corrected chi connectivity index (χ3v) is 14.0. The van der Waals surface area contributed by atoms with E-state index in [1.807, 2.05) is 0 Å². The van der Waals surface area contributed by atoms with Crippen molar-refractivity contribution in [2.24, 2.45) is 0 Å². The molecule has 0 amide bonds. The molecule has 4 nitrogen and oxygen atoms in total. The molecular weight excluding hydrogens is 779 g/mol. The summed E-state index contributed by atoms with van der Waals surface area (Å²) in [4.78, 5) is 0. The fourth-order valence-electron chi connectivity index (χ4n) is 11.3. The lowest BCUT2D eigenvalue weighted by molar-refractivity contribution is 0.669. The van der Waals surface area contributed by atoms with E-state index in [-0.39, 0.29) is 0 Å². The highest BCUT2D eigenvalue weighted by Gasteiger charge is 2.23. The maximum atomic E-state index is 6.37. The van der Waals surface area contributed by atoms with Crippen LogP contribution in [0.4, 0.5) is 0 Å². The summed E-state index contributed by atoms with van der Waals surface area (Å²) in [5.74, 6) is 0. The summed E-state index contributed by atoms with van der Waals surface area (Å²) in [6, 6.07) is 77.9. The number of nitrogens with zero attached hydrogens (tertiary/aromatic N) is 3. The third kappa shape index (κ3) is 4.46. The Balaban J connectivity index is 1.02. The van der Waals surface area contributed by atoms with Gasteiger partial charge in [-0.15, -0.1) is 0 Å². The quantitative estimate of drug-likeness (QED) is 0.163. The molecule has 0 N–H and O–H groups in total. The van der Waals surface area contributed by atoms with Crippen molar-refractivity contribution >= 4 is 109 Å². The highest BCUT2D eigenvalue weighted by atomic mass is 16.3. The number of rotatable bonds is 4. The molecule has 0 saturated carbocycles. The fourth-order valence-corrected chi connectivity index (χ4v) is 11.3. The second kappa shape index (κ2) is 12.5. The molecule has 0 spiro atoms. The zero-order valence-electron chi connectivity index (χ0n) is 34.5. The smallest absolute Gasteiger partial charge is 0.136 e. The summed E-state index contributed by atoms with van der Waals surface area (Å²) < 4.78 is 13.8. The average molecular weight is 814 g/mol. The van der Waals surface area contributed by atoms with E-state index < -0.39 is 0 Å². The van der Waals surface area contributed by atoms with Gasteiger partial charge in [0.1, 0.15) is 11.2 Å². The lowest BCUT2D eigenvalue weighted by Crippen LogP contribution is -1.99. The maximum absolute atomic E-state index is 6.37. The Kier molecular flexibility index (Phi) is 6.65. The highest BCUT2D eigenvalue weighted by Crippen LogP contribution is 2.46. The van der Waals surface area contributed by atoms with Crippen LogP contribution >= 0.6 is 0 Å². The maximum Gasteiger partial charge on any atom is 0.136 e. The van der Waals surface area contributed by atoms with Gasteiger partial charge in [0.25, 0.3) is 0 Å². The zero-order chi connectivity index (χ0) is 41.6. The largest absolute Gasteiger partial charge is 0.456 e. The van der Waals surface area contributed by atoms with Gasteiger partial charge in [-0.1, -0.05) is 127 Å². The molecule has 0 aliphatic carbocycles. The molecule has 0 saturated heterocycles. The van der Waals surface area contributed by atoms with Gasteiger partial charge in [-0.3, -0.25) is 0 Å². The predicted molar refractivity (Wildman–Crippen MR) is 268 cm³/mol. The molecule has 4 heteroatoms. The van der Waals surface area contributed by atoms with E-state index >= 15 is 0 Å². The number of fused-ring (bicyclic) bond motifs is 13. The first-order chi connectivity index (χ1) is 31.8. The van der Waals surface area contributed by atoms with E-state index in [1.165, 1.54) is 109 Å². The van der Waals surface area contributed by atoms with Crippen LogP contribution in [-0.2, 0) is 0 Å². The number of para-hydroxylation sites is 4. The van der Waals surface area contributed by atoms with Gasteiger partial charge in [-0.25, -0.2) is 0 Å². The van der Waals surface area contributed by atoms with Crippen LogP contribution in [0.2, 0.25) is 0 Å². The minimum absolute atomic E-state index is 0.937. The summed E-state index contributed by atoms with van der Waals surface area (Å²) >= 11 is 0. The van der Waals surface area contributed by atoms with Gasteiger partial charge >= 0.3 is 0 Å². The van der Waals surface area contributed by atoms with Crippen molar-refractivity contribution in [1.29, 1.82) is 0 Å². The van der Waals surface area contributed by atoms with Crippen molar-refractivity contribution in [3.8, 4) is 28.2 Å². The molecule has 0 bridgehead atoms. The Labute approximate surface area is 366 Å². The van der Waals surface area contributed by atoms with E-state index in [1.54, 1.807) is 0 Å². The van der Waals surface area contributed by atoms with Crippen LogP contribution in [0, 0.1) is 0 Å². The molecule has 0 aliphatic heterocycles. The summed E-state index contributed by atoms with van der Waals surface area (Å²) in [7, 11) is 0. The Hall–Kier alpha value is -8.60. The van der Waals surface area contributed by atoms with Crippen molar-refractivity contribution in [2.75, 3.05) is 0 Å². The first kappa shape index (κ1) is 34.0. The molecule has 64 heavy (non-hydrogen) atoms. The number of aromatic nitrogens is 3. The number of hydrogen-bond donors (Lipinski definition) is 0. The standard InChI is InChI=1S/C60H35N3O/c1-3-13-38(14-4-1)61-53-31-26-37(36-25-28-41-44-19-11-23-55-57(44)58-45(48(41)33-36)20-12-24-56(58)64-55)34-49(53)50-35-40(27-32-54(50)61)63-52-22-10-8-18-43(52)47-30-29-46-42-17-7-9-21-51(42)62(59(46)60(47)63)39-15-5-2-6-16-39/h1-35H. The second-order valence-electron chi connectivity index (χ2n) is 17.2. The molecule has 0 radical (unpaired) electrons. The molecule has 296 valence electrons. The van der Waals surface area contributed by atoms with Crippen molar-refractivity contribution < 1.29 is 4.42 Å². The van der Waals surface area contributed by atoms with Gasteiger partial charge in [-0.2, -0.15) is 0 Å². The van der Waals surface area contributed by atoms with Crippen LogP contribution in [0.5, 0.6) is 0 Å². The Morgan fingerprint density at radius 3 is 1.34 bits per heavy atom. The molecule has 0 aliphatic rings. The molecule has 0 unspecified atom stereocenters. The minimum Gasteiger partial charge on any atom is -0.456 e. The Morgan fingerprint density at radius 1 is 0.250 bits per heavy atom. The third-order valence-electron chi connectivity index (χ3n) is 14.0. The molecular formula is C60H35N3O. The first-order valence-corrected chi connectivity index (χ1v) is 22.0. The van der Waals surface area contributed by atoms with Crippen LogP contribution < -0.4 is 0 Å². The SMILES string of the molecule is c1ccc(-n2c3ccc(-c4ccc5c(c4)c4cccc6oc7cccc5c7c64)cc3c3cc(-n4c5ccccc5c5ccc6c7ccccc7n(-c7ccccc7)c6c54)ccc32)cc1. The lowest BCUT2D eigenvalue weighted by Gasteiger charge is -2.13. The topological polar surface area (TPSA) is 27.9 Å². The minimum atomic E-state index is 0.937. The van der Waals surface area contributed by atoms with Gasteiger partial charge in [-0.05, 0) is 118 Å². The van der Waals surface area contributed by atoms with Crippen molar-refractivity contribution in [3.63, 3.8) is 0 Å². The van der Waals surface area contributed by atoms with E-state index in [4.69, 9.17) is 4.42 Å². The number of benzene rings is 11. The average Bonchev–Trinajstić information content (AvgIpc) is 4.10. The zero-order valence-corrected chi connectivity index (χ0v) is 34.5. The molecule has 11 aromatic carbocycles. The molecule has 4 aromatic heterocycles. The number of hydrogen-bond acceptors (Lipinski definition) is 1. The van der Waals surface area contributed by atoms with Gasteiger partial charge in [0.05, 0.1) is 33.1 Å². The summed E-state index contributed by atoms with van der Waals surface area (Å²) in [5, 5.41) is 14.7. The molecule has 4 heterocycles. The normalized spacial score (nSPS) is 12.4. The van der Waals surface area contributed by atoms with Gasteiger partial charge in [0.2, 0.25) is 0 Å². The van der Waals surface area contributed by atoms with Crippen molar-refractivity contribution in [1.82, 2.24) is 13.7 Å². The Bertz CT molecular complexity index is 4410. The Morgan fingerprint density at radius 2 is 0.703 bits per heavy atom. The first-order valence-electron chi connectivity index (χ1n) is 22.0. The summed E-state index contributed by atoms with van der Waals surface area (Å²) in [6.07, 6.45) is 0. The lowest BCUT2D eigenvalue weighted by atomic mass is 9.92. The van der Waals surface area contributed by atoms with E-state index in [0.717, 1.165) is 28.2 Å².